The molecule has 2 aromatic carbocycles. The van der Waals surface area contributed by atoms with E-state index in [9.17, 15) is 13.6 Å². The number of amides is 1. The topological polar surface area (TPSA) is 56.2 Å². The molecule has 144 valence electrons. The van der Waals surface area contributed by atoms with Gasteiger partial charge in [-0.25, -0.2) is 0 Å². The molecule has 0 aliphatic rings. The van der Waals surface area contributed by atoms with Gasteiger partial charge in [-0.2, -0.15) is 13.9 Å². The number of ether oxygens (including phenoxy) is 1. The molecular formula is C21H19F2N3O2. The Labute approximate surface area is 161 Å². The molecule has 0 aliphatic carbocycles. The van der Waals surface area contributed by atoms with Crippen molar-refractivity contribution < 1.29 is 18.3 Å². The Bertz CT molecular complexity index is 949. The van der Waals surface area contributed by atoms with Crippen LogP contribution in [-0.4, -0.2) is 22.3 Å². The highest BCUT2D eigenvalue weighted by Crippen LogP contribution is 2.16. The lowest BCUT2D eigenvalue weighted by atomic mass is 10.1. The van der Waals surface area contributed by atoms with Crippen LogP contribution < -0.4 is 10.1 Å². The van der Waals surface area contributed by atoms with Crippen molar-refractivity contribution in [3.63, 3.8) is 0 Å². The Balaban J connectivity index is 1.54. The molecule has 5 nitrogen and oxygen atoms in total. The van der Waals surface area contributed by atoms with E-state index in [2.05, 4.69) is 15.2 Å². The first-order valence-corrected chi connectivity index (χ1v) is 8.60. The van der Waals surface area contributed by atoms with E-state index in [0.29, 0.717) is 17.8 Å². The van der Waals surface area contributed by atoms with Crippen LogP contribution in [0.5, 0.6) is 5.75 Å². The molecule has 0 radical (unpaired) electrons. The molecule has 1 N–H and O–H groups in total. The molecule has 1 aromatic heterocycles. The van der Waals surface area contributed by atoms with Crippen LogP contribution in [0.1, 0.15) is 16.7 Å². The maximum Gasteiger partial charge on any atom is 0.387 e. The first-order chi connectivity index (χ1) is 13.5. The number of alkyl halides is 2. The van der Waals surface area contributed by atoms with E-state index in [-0.39, 0.29) is 11.7 Å². The van der Waals surface area contributed by atoms with Gasteiger partial charge in [0.2, 0.25) is 5.91 Å². The van der Waals surface area contributed by atoms with Gasteiger partial charge in [0.15, 0.2) is 0 Å². The number of rotatable bonds is 7. The summed E-state index contributed by atoms with van der Waals surface area (Å²) in [7, 11) is 0. The molecule has 0 atom stereocenters. The molecule has 1 amide bonds. The molecule has 0 saturated carbocycles. The van der Waals surface area contributed by atoms with Gasteiger partial charge in [0, 0.05) is 12.3 Å². The quantitative estimate of drug-likeness (QED) is 0.612. The van der Waals surface area contributed by atoms with E-state index in [0.717, 1.165) is 5.56 Å². The van der Waals surface area contributed by atoms with Crippen LogP contribution in [0.15, 0.2) is 67.0 Å². The van der Waals surface area contributed by atoms with Crippen molar-refractivity contribution in [1.29, 1.82) is 0 Å². The smallest absolute Gasteiger partial charge is 0.387 e. The Morgan fingerprint density at radius 3 is 2.57 bits per heavy atom. The number of halogens is 2. The van der Waals surface area contributed by atoms with Crippen molar-refractivity contribution in [3.05, 3.63) is 83.7 Å². The molecular weight excluding hydrogens is 364 g/mol. The number of hydrogen-bond donors (Lipinski definition) is 1. The Kier molecular flexibility index (Phi) is 6.16. The van der Waals surface area contributed by atoms with Crippen LogP contribution >= 0.6 is 0 Å². The molecule has 28 heavy (non-hydrogen) atoms. The summed E-state index contributed by atoms with van der Waals surface area (Å²) in [5.41, 5.74) is 3.58. The molecule has 0 bridgehead atoms. The highest BCUT2D eigenvalue weighted by molar-refractivity contribution is 6.01. The number of carbonyl (C=O) groups is 1. The fraction of sp³-hybridized carbons (Fsp3) is 0.143. The van der Waals surface area contributed by atoms with E-state index < -0.39 is 6.61 Å². The largest absolute Gasteiger partial charge is 0.435 e. The molecule has 0 fully saturated rings. The second-order valence-electron chi connectivity index (χ2n) is 6.18. The Morgan fingerprint density at radius 2 is 1.89 bits per heavy atom. The average molecular weight is 383 g/mol. The van der Waals surface area contributed by atoms with Crippen LogP contribution in [-0.2, 0) is 11.3 Å². The number of anilines is 1. The van der Waals surface area contributed by atoms with E-state index in [4.69, 9.17) is 0 Å². The summed E-state index contributed by atoms with van der Waals surface area (Å²) < 4.78 is 30.3. The van der Waals surface area contributed by atoms with Crippen molar-refractivity contribution in [2.24, 2.45) is 0 Å². The van der Waals surface area contributed by atoms with Gasteiger partial charge in [0.05, 0.1) is 18.4 Å². The molecule has 0 spiro atoms. The second kappa shape index (κ2) is 8.94. The minimum absolute atomic E-state index is 0.0672. The first-order valence-electron chi connectivity index (χ1n) is 8.60. The van der Waals surface area contributed by atoms with Gasteiger partial charge >= 0.3 is 6.61 Å². The molecule has 0 saturated heterocycles. The maximum atomic E-state index is 12.1. The lowest BCUT2D eigenvalue weighted by molar-refractivity contribution is -0.111. The Morgan fingerprint density at radius 1 is 1.18 bits per heavy atom. The molecule has 0 aliphatic heterocycles. The van der Waals surface area contributed by atoms with E-state index in [1.54, 1.807) is 35.3 Å². The van der Waals surface area contributed by atoms with Gasteiger partial charge in [-0.1, -0.05) is 42.0 Å². The highest BCUT2D eigenvalue weighted by atomic mass is 19.3. The van der Waals surface area contributed by atoms with Crippen LogP contribution in [0.25, 0.3) is 6.08 Å². The van der Waals surface area contributed by atoms with Crippen molar-refractivity contribution in [1.82, 2.24) is 9.78 Å². The van der Waals surface area contributed by atoms with Gasteiger partial charge in [-0.3, -0.25) is 9.48 Å². The summed E-state index contributed by atoms with van der Waals surface area (Å²) in [6.45, 7) is -0.220. The number of nitrogens with zero attached hydrogens (tertiary/aromatic N) is 2. The summed E-state index contributed by atoms with van der Waals surface area (Å²) in [5.74, 6) is -0.250. The zero-order valence-corrected chi connectivity index (χ0v) is 15.2. The lowest BCUT2D eigenvalue weighted by Gasteiger charge is -2.03. The highest BCUT2D eigenvalue weighted by Gasteiger charge is 2.04. The predicted molar refractivity (Wildman–Crippen MR) is 103 cm³/mol. The average Bonchev–Trinajstić information content (AvgIpc) is 3.09. The Hall–Kier alpha value is -3.48. The maximum absolute atomic E-state index is 12.1. The van der Waals surface area contributed by atoms with Gasteiger partial charge < -0.3 is 10.1 Å². The fourth-order valence-electron chi connectivity index (χ4n) is 2.51. The van der Waals surface area contributed by atoms with E-state index >= 15 is 0 Å². The molecule has 1 heterocycles. The van der Waals surface area contributed by atoms with Crippen LogP contribution in [0.2, 0.25) is 0 Å². The number of hydrogen-bond acceptors (Lipinski definition) is 3. The standard InChI is InChI=1S/C21H19F2N3O2/c1-15-2-4-17(5-3-15)13-26-14-18(12-24-26)25-20(27)11-8-16-6-9-19(10-7-16)28-21(22)23/h2-12,14,21H,13H2,1H3,(H,25,27)/b11-8-. The van der Waals surface area contributed by atoms with Crippen LogP contribution in [0.4, 0.5) is 14.5 Å². The third kappa shape index (κ3) is 5.77. The number of aryl methyl sites for hydroxylation is 1. The van der Waals surface area contributed by atoms with Crippen molar-refractivity contribution in [2.45, 2.75) is 20.1 Å². The summed E-state index contributed by atoms with van der Waals surface area (Å²) >= 11 is 0. The van der Waals surface area contributed by atoms with Gasteiger partial charge in [-0.15, -0.1) is 0 Å². The molecule has 7 heteroatoms. The fourth-order valence-corrected chi connectivity index (χ4v) is 2.51. The van der Waals surface area contributed by atoms with Gasteiger partial charge in [0.25, 0.3) is 0 Å². The van der Waals surface area contributed by atoms with E-state index in [1.165, 1.54) is 23.8 Å². The summed E-state index contributed by atoms with van der Waals surface area (Å²) in [4.78, 5) is 12.0. The van der Waals surface area contributed by atoms with Gasteiger partial charge in [0.1, 0.15) is 5.75 Å². The molecule has 3 rings (SSSR count). The second-order valence-corrected chi connectivity index (χ2v) is 6.18. The zero-order chi connectivity index (χ0) is 19.9. The predicted octanol–water partition coefficient (Wildman–Crippen LogP) is 4.49. The molecule has 0 unspecified atom stereocenters. The third-order valence-corrected chi connectivity index (χ3v) is 3.90. The third-order valence-electron chi connectivity index (χ3n) is 3.90. The van der Waals surface area contributed by atoms with Crippen LogP contribution in [0, 0.1) is 6.92 Å². The number of aromatic nitrogens is 2. The number of nitrogens with one attached hydrogen (secondary N) is 1. The summed E-state index contributed by atoms with van der Waals surface area (Å²) in [6, 6.07) is 14.2. The molecule has 3 aromatic rings. The summed E-state index contributed by atoms with van der Waals surface area (Å²) in [6.07, 6.45) is 6.27. The zero-order valence-electron chi connectivity index (χ0n) is 15.2. The normalized spacial score (nSPS) is 11.1. The minimum atomic E-state index is -2.86. The lowest BCUT2D eigenvalue weighted by Crippen LogP contribution is -2.07. The summed E-state index contributed by atoms with van der Waals surface area (Å²) in [5, 5.41) is 6.97. The first kappa shape index (κ1) is 19.3. The van der Waals surface area contributed by atoms with Crippen molar-refractivity contribution in [3.8, 4) is 5.75 Å². The monoisotopic (exact) mass is 383 g/mol. The number of carbonyl (C=O) groups excluding carboxylic acids is 1. The van der Waals surface area contributed by atoms with E-state index in [1.807, 2.05) is 31.2 Å². The minimum Gasteiger partial charge on any atom is -0.435 e. The number of benzene rings is 2. The van der Waals surface area contributed by atoms with Gasteiger partial charge in [-0.05, 0) is 36.3 Å². The van der Waals surface area contributed by atoms with Crippen molar-refractivity contribution >= 4 is 17.7 Å². The van der Waals surface area contributed by atoms with Crippen LogP contribution in [0.3, 0.4) is 0 Å². The SMILES string of the molecule is Cc1ccc(Cn2cc(NC(=O)/C=C\c3ccc(OC(F)F)cc3)cn2)cc1. The van der Waals surface area contributed by atoms with Crippen molar-refractivity contribution in [2.75, 3.05) is 5.32 Å².